The van der Waals surface area contributed by atoms with Gasteiger partial charge in [0.2, 0.25) is 0 Å². The highest BCUT2D eigenvalue weighted by atomic mass is 16.7. The fourth-order valence-corrected chi connectivity index (χ4v) is 17.1. The van der Waals surface area contributed by atoms with Crippen molar-refractivity contribution in [3.8, 4) is 0 Å². The van der Waals surface area contributed by atoms with Gasteiger partial charge >= 0.3 is 0 Å². The van der Waals surface area contributed by atoms with Gasteiger partial charge < -0.3 is 161 Å². The van der Waals surface area contributed by atoms with Crippen molar-refractivity contribution in [1.29, 1.82) is 0 Å². The van der Waals surface area contributed by atoms with Crippen molar-refractivity contribution in [3.05, 3.63) is 0 Å². The van der Waals surface area contributed by atoms with E-state index in [1.807, 2.05) is 0 Å². The van der Waals surface area contributed by atoms with E-state index < -0.39 is 149 Å². The maximum atomic E-state index is 9.98. The minimum Gasteiger partial charge on any atom is -0.396 e. The van der Waals surface area contributed by atoms with Gasteiger partial charge in [-0.25, -0.2) is 0 Å². The van der Waals surface area contributed by atoms with E-state index >= 15 is 0 Å². The molecule has 4 saturated heterocycles. The topological polar surface area (TPSA) is 539 Å². The van der Waals surface area contributed by atoms with Crippen molar-refractivity contribution in [2.75, 3.05) is 132 Å². The number of hydrogen-bond donors (Lipinski definition) is 20. The smallest absolute Gasteiger partial charge is 0.175 e. The molecule has 0 aromatic heterocycles. The molecule has 136 heavy (non-hydrogen) atoms. The van der Waals surface area contributed by atoms with Gasteiger partial charge in [0.1, 0.15) is 73.2 Å². The molecule has 4 aliphatic rings. The molecule has 0 bridgehead atoms. The first kappa shape index (κ1) is 133. The summed E-state index contributed by atoms with van der Waals surface area (Å²) in [5, 5.41) is 155. The largest absolute Gasteiger partial charge is 0.396 e. The molecule has 32 nitrogen and oxygen atoms in total. The summed E-state index contributed by atoms with van der Waals surface area (Å²) in [7, 11) is 0. The molecule has 0 saturated carbocycles. The Bertz CT molecular complexity index is 2140. The summed E-state index contributed by atoms with van der Waals surface area (Å²) in [6.45, 7) is 11.5. The summed E-state index contributed by atoms with van der Waals surface area (Å²) in [4.78, 5) is 0. The lowest BCUT2D eigenvalue weighted by atomic mass is 9.98. The van der Waals surface area contributed by atoms with Gasteiger partial charge in [0.25, 0.3) is 0 Å². The van der Waals surface area contributed by atoms with Gasteiger partial charge in [-0.2, -0.15) is 0 Å². The molecule has 0 aromatic rings. The summed E-state index contributed by atoms with van der Waals surface area (Å²) in [5.74, 6) is -0.948. The SMILES string of the molecule is CCCCCCCCCCCCCCCCOC[C@@H](CO)CO[C@@H]1OC(CO)[C@@H](O)[C@H](O)C1N.CCCCCCCCCCCCCCCCOC[C@@H](CO)CO[C@@H]1OC(CO)[C@H](O)[C@H](O)C1N.CCCCCCCCCCCCCCCCOC[C@@H](CO)CO[C@H]1OC(CO)[C@@H](O)[C@H](O)C1N.CCCCCCCCCCCCCCCCOC[C@@H](CO)CO[C@H]1OC(CO)[C@H](O)[C@H](O)C1N. The molecule has 4 heterocycles. The monoisotopic (exact) mass is 1970 g/mol. The Balaban J connectivity index is 0.000000907. The average molecular weight is 1970 g/mol. The van der Waals surface area contributed by atoms with Crippen LogP contribution in [0.15, 0.2) is 0 Å². The number of unbranched alkanes of at least 4 members (excludes halogenated alkanes) is 52. The van der Waals surface area contributed by atoms with Gasteiger partial charge in [-0.1, -0.05) is 362 Å². The summed E-state index contributed by atoms with van der Waals surface area (Å²) < 4.78 is 67.0. The third kappa shape index (κ3) is 66.0. The van der Waals surface area contributed by atoms with Crippen LogP contribution >= 0.6 is 0 Å². The highest BCUT2D eigenvalue weighted by Gasteiger charge is 2.47. The predicted molar refractivity (Wildman–Crippen MR) is 534 cm³/mol. The lowest BCUT2D eigenvalue weighted by molar-refractivity contribution is -0.269. The van der Waals surface area contributed by atoms with Crippen molar-refractivity contribution >= 4 is 0 Å². The first-order valence-corrected chi connectivity index (χ1v) is 54.9. The summed E-state index contributed by atoms with van der Waals surface area (Å²) >= 11 is 0. The van der Waals surface area contributed by atoms with Crippen LogP contribution in [0.3, 0.4) is 0 Å². The second-order valence-electron chi connectivity index (χ2n) is 39.3. The number of rotatable bonds is 88. The zero-order chi connectivity index (χ0) is 100. The molecule has 4 fully saturated rings. The normalized spacial score (nSPS) is 26.1. The van der Waals surface area contributed by atoms with Crippen LogP contribution in [0, 0.1) is 23.7 Å². The highest BCUT2D eigenvalue weighted by molar-refractivity contribution is 4.95. The summed E-state index contributed by atoms with van der Waals surface area (Å²) in [6.07, 6.45) is 56.2. The van der Waals surface area contributed by atoms with Crippen molar-refractivity contribution in [2.24, 2.45) is 46.6 Å². The molecule has 0 radical (unpaired) electrons. The van der Waals surface area contributed by atoms with Crippen molar-refractivity contribution in [2.45, 2.75) is 510 Å². The van der Waals surface area contributed by atoms with Gasteiger partial charge in [0.05, 0.1) is 130 Å². The summed E-state index contributed by atoms with van der Waals surface area (Å²) in [6, 6.07) is -3.75. The van der Waals surface area contributed by atoms with E-state index in [0.717, 1.165) is 51.4 Å². The van der Waals surface area contributed by atoms with Gasteiger partial charge in [-0.15, -0.1) is 0 Å². The molecule has 0 spiro atoms. The lowest BCUT2D eigenvalue weighted by Gasteiger charge is -2.40. The molecule has 8 unspecified atom stereocenters. The second kappa shape index (κ2) is 93.5. The van der Waals surface area contributed by atoms with Gasteiger partial charge in [-0.05, 0) is 25.7 Å². The van der Waals surface area contributed by atoms with Crippen molar-refractivity contribution < 1.29 is 139 Å². The van der Waals surface area contributed by atoms with Crippen LogP contribution in [0.4, 0.5) is 0 Å². The highest BCUT2D eigenvalue weighted by Crippen LogP contribution is 2.28. The minimum absolute atomic E-state index is 0.102. The van der Waals surface area contributed by atoms with E-state index in [2.05, 4.69) is 27.7 Å². The van der Waals surface area contributed by atoms with E-state index in [1.165, 1.54) is 308 Å². The Kier molecular flexibility index (Phi) is 91.2. The van der Waals surface area contributed by atoms with E-state index in [9.17, 15) is 81.7 Å². The zero-order valence-corrected chi connectivity index (χ0v) is 86.0. The minimum atomic E-state index is -1.26. The molecule has 32 heteroatoms. The molecule has 24 atom stereocenters. The second-order valence-corrected chi connectivity index (χ2v) is 39.3. The predicted octanol–water partition coefficient (Wildman–Crippen LogP) is 11.5. The average Bonchev–Trinajstić information content (AvgIpc) is 0.835. The van der Waals surface area contributed by atoms with Crippen LogP contribution in [0.2, 0.25) is 0 Å². The standard InChI is InChI=1S/4C26H53NO7/c4*1-2-3-4-5-6-7-8-9-10-11-12-13-14-15-16-32-19-21(17-28)20-33-26-23(27)25(31)24(30)22(18-29)34-26/h4*21-26,28-31H,2-20,27H2,1H3/t21-,22?,23?,24+,25-,26+;21-,22?,23?,24+,25-,26-;21-,22?,23?,24-,25-,26+;21-,22?,23?,24-,25-,26-/m1111/s1. The number of aliphatic hydroxyl groups excluding tert-OH is 16. The van der Waals surface area contributed by atoms with Crippen LogP contribution in [-0.4, -0.2) is 336 Å². The Morgan fingerprint density at radius 2 is 0.324 bits per heavy atom. The van der Waals surface area contributed by atoms with Crippen LogP contribution < -0.4 is 22.9 Å². The third-order valence-corrected chi connectivity index (χ3v) is 26.7. The third-order valence-electron chi connectivity index (χ3n) is 26.7. The first-order chi connectivity index (χ1) is 66.2. The maximum Gasteiger partial charge on any atom is 0.175 e. The number of nitrogens with two attached hydrogens (primary N) is 4. The van der Waals surface area contributed by atoms with Crippen LogP contribution in [0.5, 0.6) is 0 Å². The maximum absolute atomic E-state index is 9.98. The fraction of sp³-hybridized carbons (Fsp3) is 1.00. The van der Waals surface area contributed by atoms with Crippen molar-refractivity contribution in [1.82, 2.24) is 0 Å². The number of hydrogen-bond acceptors (Lipinski definition) is 32. The van der Waals surface area contributed by atoms with Crippen LogP contribution in [0.25, 0.3) is 0 Å². The first-order valence-electron chi connectivity index (χ1n) is 54.9. The quantitative estimate of drug-likeness (QED) is 0.0251. The molecular formula is C104H212N4O28. The molecule has 24 N–H and O–H groups in total. The van der Waals surface area contributed by atoms with Gasteiger partial charge in [0, 0.05) is 50.1 Å². The van der Waals surface area contributed by atoms with E-state index in [4.69, 9.17) is 79.8 Å². The van der Waals surface area contributed by atoms with E-state index in [1.54, 1.807) is 0 Å². The van der Waals surface area contributed by atoms with Crippen molar-refractivity contribution in [3.63, 3.8) is 0 Å². The molecule has 816 valence electrons. The van der Waals surface area contributed by atoms with Gasteiger partial charge in [0.15, 0.2) is 25.2 Å². The fourth-order valence-electron chi connectivity index (χ4n) is 17.1. The lowest BCUT2D eigenvalue weighted by Crippen LogP contribution is -2.62. The van der Waals surface area contributed by atoms with Crippen LogP contribution in [0.1, 0.15) is 387 Å². The van der Waals surface area contributed by atoms with E-state index in [-0.39, 0.29) is 76.5 Å². The molecule has 0 aliphatic carbocycles. The molecule has 0 aromatic carbocycles. The molecule has 4 rings (SSSR count). The Labute approximate surface area is 823 Å². The zero-order valence-electron chi connectivity index (χ0n) is 86.0. The molecular weight excluding hydrogens is 1750 g/mol. The Morgan fingerprint density at radius 1 is 0.191 bits per heavy atom. The summed E-state index contributed by atoms with van der Waals surface area (Å²) in [5.41, 5.74) is 23.4. The van der Waals surface area contributed by atoms with Gasteiger partial charge in [-0.3, -0.25) is 0 Å². The molecule has 0 amide bonds. The van der Waals surface area contributed by atoms with E-state index in [0.29, 0.717) is 52.9 Å². The Morgan fingerprint density at radius 3 is 0.449 bits per heavy atom. The number of aliphatic hydroxyl groups is 16. The molecule has 4 aliphatic heterocycles. The Hall–Kier alpha value is -1.28. The van der Waals surface area contributed by atoms with Crippen LogP contribution in [-0.2, 0) is 56.8 Å². The number of ether oxygens (including phenoxy) is 12.